The maximum Gasteiger partial charge on any atom is 0.120 e. The molecular formula is C12H19NO. The van der Waals surface area contributed by atoms with Gasteiger partial charge in [-0.2, -0.15) is 0 Å². The highest BCUT2D eigenvalue weighted by molar-refractivity contribution is 5.47. The molecule has 0 aromatic heterocycles. The predicted molar refractivity (Wildman–Crippen MR) is 60.9 cm³/mol. The van der Waals surface area contributed by atoms with E-state index in [0.717, 1.165) is 23.9 Å². The maximum absolute atomic E-state index is 5.14. The number of nitrogens with one attached hydrogen (secondary N) is 1. The summed E-state index contributed by atoms with van der Waals surface area (Å²) >= 11 is 0. The third kappa shape index (κ3) is 3.69. The fourth-order valence-electron chi connectivity index (χ4n) is 1.24. The monoisotopic (exact) mass is 193 g/mol. The summed E-state index contributed by atoms with van der Waals surface area (Å²) in [6.45, 7) is 5.48. The normalized spacial score (nSPS) is 10.3. The molecule has 0 aliphatic heterocycles. The van der Waals surface area contributed by atoms with Crippen LogP contribution in [-0.2, 0) is 0 Å². The Morgan fingerprint density at radius 3 is 2.79 bits per heavy atom. The first-order chi connectivity index (χ1) is 6.72. The van der Waals surface area contributed by atoms with Gasteiger partial charge in [0.25, 0.3) is 0 Å². The van der Waals surface area contributed by atoms with E-state index in [1.165, 1.54) is 6.42 Å². The fraction of sp³-hybridized carbons (Fsp3) is 0.500. The van der Waals surface area contributed by atoms with Gasteiger partial charge in [-0.1, -0.05) is 19.9 Å². The molecule has 1 N–H and O–H groups in total. The lowest BCUT2D eigenvalue weighted by atomic mass is 10.1. The van der Waals surface area contributed by atoms with Crippen LogP contribution >= 0.6 is 0 Å². The van der Waals surface area contributed by atoms with Crippen molar-refractivity contribution in [2.24, 2.45) is 5.92 Å². The molecule has 0 aliphatic rings. The van der Waals surface area contributed by atoms with Crippen LogP contribution in [0.2, 0.25) is 0 Å². The Balaban J connectivity index is 2.42. The minimum Gasteiger partial charge on any atom is -0.497 e. The molecule has 0 bridgehead atoms. The lowest BCUT2D eigenvalue weighted by Crippen LogP contribution is -2.04. The van der Waals surface area contributed by atoms with E-state index in [1.807, 2.05) is 18.2 Å². The summed E-state index contributed by atoms with van der Waals surface area (Å²) in [6, 6.07) is 8.02. The van der Waals surface area contributed by atoms with E-state index in [1.54, 1.807) is 7.11 Å². The van der Waals surface area contributed by atoms with Crippen molar-refractivity contribution in [3.63, 3.8) is 0 Å². The first kappa shape index (κ1) is 10.9. The summed E-state index contributed by atoms with van der Waals surface area (Å²) < 4.78 is 5.14. The highest BCUT2D eigenvalue weighted by atomic mass is 16.5. The second-order valence-electron chi connectivity index (χ2n) is 3.84. The fourth-order valence-corrected chi connectivity index (χ4v) is 1.24. The van der Waals surface area contributed by atoms with Crippen LogP contribution in [0.3, 0.4) is 0 Å². The number of hydrogen-bond acceptors (Lipinski definition) is 2. The maximum atomic E-state index is 5.14. The first-order valence-corrected chi connectivity index (χ1v) is 5.10. The second-order valence-corrected chi connectivity index (χ2v) is 3.84. The third-order valence-electron chi connectivity index (χ3n) is 2.12. The quantitative estimate of drug-likeness (QED) is 0.775. The van der Waals surface area contributed by atoms with Gasteiger partial charge in [-0.3, -0.25) is 0 Å². The molecular weight excluding hydrogens is 174 g/mol. The van der Waals surface area contributed by atoms with Gasteiger partial charge in [0.2, 0.25) is 0 Å². The van der Waals surface area contributed by atoms with Gasteiger partial charge in [0.05, 0.1) is 7.11 Å². The predicted octanol–water partition coefficient (Wildman–Crippen LogP) is 3.15. The molecule has 0 atom stereocenters. The Morgan fingerprint density at radius 1 is 1.36 bits per heavy atom. The average molecular weight is 193 g/mol. The van der Waals surface area contributed by atoms with Gasteiger partial charge >= 0.3 is 0 Å². The van der Waals surface area contributed by atoms with Gasteiger partial charge < -0.3 is 10.1 Å². The third-order valence-corrected chi connectivity index (χ3v) is 2.12. The average Bonchev–Trinajstić information content (AvgIpc) is 2.18. The smallest absolute Gasteiger partial charge is 0.120 e. The van der Waals surface area contributed by atoms with Crippen LogP contribution in [0.25, 0.3) is 0 Å². The van der Waals surface area contributed by atoms with E-state index < -0.39 is 0 Å². The second kappa shape index (κ2) is 5.53. The number of ether oxygens (including phenoxy) is 1. The number of hydrogen-bond donors (Lipinski definition) is 1. The molecule has 78 valence electrons. The van der Waals surface area contributed by atoms with Crippen molar-refractivity contribution < 1.29 is 4.74 Å². The van der Waals surface area contributed by atoms with Crippen molar-refractivity contribution in [1.82, 2.24) is 0 Å². The minimum absolute atomic E-state index is 0.744. The molecule has 14 heavy (non-hydrogen) atoms. The molecule has 1 aromatic rings. The van der Waals surface area contributed by atoms with E-state index in [9.17, 15) is 0 Å². The van der Waals surface area contributed by atoms with E-state index in [-0.39, 0.29) is 0 Å². The molecule has 0 unspecified atom stereocenters. The van der Waals surface area contributed by atoms with Gasteiger partial charge in [0.1, 0.15) is 5.75 Å². The lowest BCUT2D eigenvalue weighted by Gasteiger charge is -2.09. The van der Waals surface area contributed by atoms with Crippen LogP contribution in [0.15, 0.2) is 24.3 Å². The van der Waals surface area contributed by atoms with E-state index >= 15 is 0 Å². The van der Waals surface area contributed by atoms with Crippen molar-refractivity contribution in [3.8, 4) is 5.75 Å². The van der Waals surface area contributed by atoms with E-state index in [4.69, 9.17) is 4.74 Å². The molecule has 1 aromatic carbocycles. The SMILES string of the molecule is COc1cccc(NCCC(C)C)c1. The van der Waals surface area contributed by atoms with E-state index in [2.05, 4.69) is 25.2 Å². The molecule has 0 aliphatic carbocycles. The minimum atomic E-state index is 0.744. The van der Waals surface area contributed by atoms with Gasteiger partial charge in [-0.05, 0) is 24.5 Å². The van der Waals surface area contributed by atoms with Crippen LogP contribution < -0.4 is 10.1 Å². The van der Waals surface area contributed by atoms with Gasteiger partial charge in [-0.15, -0.1) is 0 Å². The summed E-state index contributed by atoms with van der Waals surface area (Å²) in [6.07, 6.45) is 1.19. The lowest BCUT2D eigenvalue weighted by molar-refractivity contribution is 0.415. The Labute approximate surface area is 86.3 Å². The summed E-state index contributed by atoms with van der Waals surface area (Å²) in [5, 5.41) is 3.37. The first-order valence-electron chi connectivity index (χ1n) is 5.10. The van der Waals surface area contributed by atoms with Crippen molar-refractivity contribution in [3.05, 3.63) is 24.3 Å². The zero-order valence-electron chi connectivity index (χ0n) is 9.21. The molecule has 0 amide bonds. The topological polar surface area (TPSA) is 21.3 Å². The summed E-state index contributed by atoms with van der Waals surface area (Å²) in [7, 11) is 1.69. The van der Waals surface area contributed by atoms with Gasteiger partial charge in [-0.25, -0.2) is 0 Å². The van der Waals surface area contributed by atoms with Gasteiger partial charge in [0.15, 0.2) is 0 Å². The van der Waals surface area contributed by atoms with Crippen LogP contribution in [0.5, 0.6) is 5.75 Å². The Hall–Kier alpha value is -1.18. The molecule has 0 spiro atoms. The molecule has 0 heterocycles. The standard InChI is InChI=1S/C12H19NO/c1-10(2)7-8-13-11-5-4-6-12(9-11)14-3/h4-6,9-10,13H,7-8H2,1-3H3. The van der Waals surface area contributed by atoms with Crippen molar-refractivity contribution in [2.75, 3.05) is 19.0 Å². The van der Waals surface area contributed by atoms with Crippen LogP contribution in [0.4, 0.5) is 5.69 Å². The van der Waals surface area contributed by atoms with Crippen molar-refractivity contribution >= 4 is 5.69 Å². The van der Waals surface area contributed by atoms with E-state index in [0.29, 0.717) is 0 Å². The van der Waals surface area contributed by atoms with Gasteiger partial charge in [0, 0.05) is 18.3 Å². The molecule has 0 radical (unpaired) electrons. The number of benzene rings is 1. The molecule has 0 fully saturated rings. The zero-order valence-corrected chi connectivity index (χ0v) is 9.21. The summed E-state index contributed by atoms with van der Waals surface area (Å²) in [5.41, 5.74) is 1.13. The van der Waals surface area contributed by atoms with Crippen LogP contribution in [0.1, 0.15) is 20.3 Å². The Morgan fingerprint density at radius 2 is 2.14 bits per heavy atom. The zero-order chi connectivity index (χ0) is 10.4. The molecule has 0 saturated heterocycles. The Kier molecular flexibility index (Phi) is 4.30. The Bertz CT molecular complexity index is 271. The molecule has 1 rings (SSSR count). The number of rotatable bonds is 5. The van der Waals surface area contributed by atoms with Crippen LogP contribution in [-0.4, -0.2) is 13.7 Å². The summed E-state index contributed by atoms with van der Waals surface area (Å²) in [5.74, 6) is 1.65. The van der Waals surface area contributed by atoms with Crippen molar-refractivity contribution in [2.45, 2.75) is 20.3 Å². The van der Waals surface area contributed by atoms with Crippen LogP contribution in [0, 0.1) is 5.92 Å². The number of anilines is 1. The summed E-state index contributed by atoms with van der Waals surface area (Å²) in [4.78, 5) is 0. The number of methoxy groups -OCH3 is 1. The molecule has 2 heteroatoms. The highest BCUT2D eigenvalue weighted by Crippen LogP contribution is 2.16. The molecule has 2 nitrogen and oxygen atoms in total. The largest absolute Gasteiger partial charge is 0.497 e. The van der Waals surface area contributed by atoms with Crippen molar-refractivity contribution in [1.29, 1.82) is 0 Å². The molecule has 0 saturated carbocycles. The highest BCUT2D eigenvalue weighted by Gasteiger charge is 1.96.